The molecule has 0 bridgehead atoms. The van der Waals surface area contributed by atoms with E-state index < -0.39 is 29.7 Å². The summed E-state index contributed by atoms with van der Waals surface area (Å²) in [6.07, 6.45) is -1.38. The molecular formula is C28H20F3N3O3. The van der Waals surface area contributed by atoms with E-state index in [9.17, 15) is 33.1 Å². The Kier molecular flexibility index (Phi) is 7.22. The van der Waals surface area contributed by atoms with E-state index in [1.807, 2.05) is 6.07 Å². The predicted molar refractivity (Wildman–Crippen MR) is 132 cm³/mol. The van der Waals surface area contributed by atoms with Gasteiger partial charge in [-0.2, -0.15) is 18.4 Å². The largest absolute Gasteiger partial charge is 0.416 e. The maximum absolute atomic E-state index is 13.0. The molecule has 3 aromatic rings. The minimum atomic E-state index is -4.48. The summed E-state index contributed by atoms with van der Waals surface area (Å²) in [5, 5.41) is 24.4. The van der Waals surface area contributed by atoms with Crippen LogP contribution in [0.4, 0.5) is 24.5 Å². The average molecular weight is 503 g/mol. The molecule has 0 spiro atoms. The first kappa shape index (κ1) is 25.4. The van der Waals surface area contributed by atoms with E-state index >= 15 is 0 Å². The number of aliphatic hydroxyl groups excluding tert-OH is 1. The standard InChI is InChI=1S/C28H20F3N3O3/c29-28(30,31)20-12-10-18(11-13-20)21(19-5-1-4-17(14-19)16-32)6-2-9-26(36)33-23-7-3-8-24-22(23)15-25(35)27(37)34-24/h1-14,25,35H,15H2,(H,33,36)(H,34,37)/b9-2+,21-6+. The highest BCUT2D eigenvalue weighted by atomic mass is 19.4. The van der Waals surface area contributed by atoms with Gasteiger partial charge in [0, 0.05) is 29.4 Å². The second kappa shape index (κ2) is 10.5. The lowest BCUT2D eigenvalue weighted by molar-refractivity contribution is -0.137. The van der Waals surface area contributed by atoms with Crippen molar-refractivity contribution in [2.45, 2.75) is 18.7 Å². The molecule has 37 heavy (non-hydrogen) atoms. The number of alkyl halides is 3. The normalized spacial score (nSPS) is 15.6. The number of halogens is 3. The zero-order chi connectivity index (χ0) is 26.6. The Balaban J connectivity index is 1.61. The number of nitrogens with one attached hydrogen (secondary N) is 2. The summed E-state index contributed by atoms with van der Waals surface area (Å²) in [7, 11) is 0. The summed E-state index contributed by atoms with van der Waals surface area (Å²) >= 11 is 0. The molecule has 1 unspecified atom stereocenters. The maximum atomic E-state index is 13.0. The first-order valence-electron chi connectivity index (χ1n) is 11.1. The molecular weight excluding hydrogens is 483 g/mol. The van der Waals surface area contributed by atoms with Gasteiger partial charge in [-0.25, -0.2) is 0 Å². The van der Waals surface area contributed by atoms with Crippen molar-refractivity contribution >= 4 is 28.8 Å². The molecule has 1 atom stereocenters. The molecule has 4 rings (SSSR count). The van der Waals surface area contributed by atoms with Crippen LogP contribution in [0, 0.1) is 11.3 Å². The Morgan fingerprint density at radius 3 is 2.51 bits per heavy atom. The van der Waals surface area contributed by atoms with Gasteiger partial charge in [-0.3, -0.25) is 9.59 Å². The number of benzene rings is 3. The van der Waals surface area contributed by atoms with Crippen LogP contribution >= 0.6 is 0 Å². The summed E-state index contributed by atoms with van der Waals surface area (Å²) in [6, 6.07) is 18.2. The molecule has 3 N–H and O–H groups in total. The van der Waals surface area contributed by atoms with E-state index in [-0.39, 0.29) is 6.42 Å². The van der Waals surface area contributed by atoms with Gasteiger partial charge in [-0.15, -0.1) is 0 Å². The van der Waals surface area contributed by atoms with Crippen LogP contribution in [-0.2, 0) is 22.2 Å². The van der Waals surface area contributed by atoms with E-state index in [0.717, 1.165) is 12.1 Å². The van der Waals surface area contributed by atoms with Gasteiger partial charge in [0.25, 0.3) is 5.91 Å². The lowest BCUT2D eigenvalue weighted by Gasteiger charge is -2.23. The van der Waals surface area contributed by atoms with Gasteiger partial charge in [0.1, 0.15) is 6.10 Å². The molecule has 1 aliphatic heterocycles. The Labute approximate surface area is 210 Å². The second-order valence-corrected chi connectivity index (χ2v) is 8.24. The van der Waals surface area contributed by atoms with Crippen LogP contribution in [0.5, 0.6) is 0 Å². The first-order valence-corrected chi connectivity index (χ1v) is 11.1. The highest BCUT2D eigenvalue weighted by Gasteiger charge is 2.30. The fraction of sp³-hybridized carbons (Fsp3) is 0.107. The number of carbonyl (C=O) groups is 2. The number of amides is 2. The van der Waals surface area contributed by atoms with Crippen molar-refractivity contribution in [1.29, 1.82) is 5.26 Å². The van der Waals surface area contributed by atoms with Crippen LogP contribution < -0.4 is 10.6 Å². The Morgan fingerprint density at radius 1 is 1.08 bits per heavy atom. The third kappa shape index (κ3) is 5.94. The predicted octanol–water partition coefficient (Wildman–Crippen LogP) is 5.06. The van der Waals surface area contributed by atoms with Gasteiger partial charge in [-0.1, -0.05) is 42.5 Å². The van der Waals surface area contributed by atoms with Crippen molar-refractivity contribution in [2.75, 3.05) is 10.6 Å². The van der Waals surface area contributed by atoms with Gasteiger partial charge in [-0.05, 0) is 53.1 Å². The number of allylic oxidation sites excluding steroid dienone is 2. The second-order valence-electron chi connectivity index (χ2n) is 8.24. The minimum absolute atomic E-state index is 0.0501. The van der Waals surface area contributed by atoms with Crippen LogP contribution in [0.1, 0.15) is 27.8 Å². The molecule has 0 saturated heterocycles. The van der Waals surface area contributed by atoms with Gasteiger partial charge < -0.3 is 15.7 Å². The topological polar surface area (TPSA) is 102 Å². The quantitative estimate of drug-likeness (QED) is 0.335. The number of rotatable bonds is 5. The SMILES string of the molecule is N#Cc1cccc(/C(=C/C=C/C(=O)Nc2cccc3c2CC(O)C(=O)N3)c2ccc(C(F)(F)F)cc2)c1. The van der Waals surface area contributed by atoms with Gasteiger partial charge >= 0.3 is 6.18 Å². The molecule has 2 amide bonds. The Morgan fingerprint density at radius 2 is 1.81 bits per heavy atom. The average Bonchev–Trinajstić information content (AvgIpc) is 2.87. The number of aliphatic hydroxyl groups is 1. The van der Waals surface area contributed by atoms with Gasteiger partial charge in [0.15, 0.2) is 0 Å². The number of carbonyl (C=O) groups excluding carboxylic acids is 2. The molecule has 6 nitrogen and oxygen atoms in total. The van der Waals surface area contributed by atoms with Crippen molar-refractivity contribution in [3.8, 4) is 6.07 Å². The maximum Gasteiger partial charge on any atom is 0.416 e. The molecule has 0 fully saturated rings. The summed E-state index contributed by atoms with van der Waals surface area (Å²) < 4.78 is 39.1. The Hall–Kier alpha value is -4.68. The molecule has 9 heteroatoms. The lowest BCUT2D eigenvalue weighted by Crippen LogP contribution is -2.34. The van der Waals surface area contributed by atoms with E-state index in [4.69, 9.17) is 0 Å². The van der Waals surface area contributed by atoms with Crippen LogP contribution in [0.2, 0.25) is 0 Å². The lowest BCUT2D eigenvalue weighted by atomic mass is 9.95. The molecule has 1 aliphatic rings. The third-order valence-electron chi connectivity index (χ3n) is 5.73. The number of anilines is 2. The number of fused-ring (bicyclic) bond motifs is 1. The minimum Gasteiger partial charge on any atom is -0.383 e. The van der Waals surface area contributed by atoms with E-state index in [2.05, 4.69) is 10.6 Å². The molecule has 3 aromatic carbocycles. The first-order chi connectivity index (χ1) is 17.7. The highest BCUT2D eigenvalue weighted by Crippen LogP contribution is 2.32. The Bertz CT molecular complexity index is 1450. The van der Waals surface area contributed by atoms with E-state index in [1.165, 1.54) is 24.3 Å². The smallest absolute Gasteiger partial charge is 0.383 e. The molecule has 186 valence electrons. The van der Waals surface area contributed by atoms with Crippen LogP contribution in [0.3, 0.4) is 0 Å². The van der Waals surface area contributed by atoms with Gasteiger partial charge in [0.05, 0.1) is 17.2 Å². The number of hydrogen-bond donors (Lipinski definition) is 3. The summed E-state index contributed by atoms with van der Waals surface area (Å²) in [6.45, 7) is 0. The summed E-state index contributed by atoms with van der Waals surface area (Å²) in [5.74, 6) is -1.01. The molecule has 0 radical (unpaired) electrons. The van der Waals surface area contributed by atoms with Crippen LogP contribution in [-0.4, -0.2) is 23.0 Å². The monoisotopic (exact) mass is 503 g/mol. The van der Waals surface area contributed by atoms with Crippen molar-refractivity contribution in [3.63, 3.8) is 0 Å². The summed E-state index contributed by atoms with van der Waals surface area (Å²) in [5.41, 5.74) is 2.67. The van der Waals surface area contributed by atoms with E-state index in [0.29, 0.717) is 39.2 Å². The summed E-state index contributed by atoms with van der Waals surface area (Å²) in [4.78, 5) is 24.3. The molecule has 0 saturated carbocycles. The fourth-order valence-corrected chi connectivity index (χ4v) is 3.90. The molecule has 1 heterocycles. The van der Waals surface area contributed by atoms with Crippen molar-refractivity contribution < 1.29 is 27.9 Å². The third-order valence-corrected chi connectivity index (χ3v) is 5.73. The number of nitriles is 1. The fourth-order valence-electron chi connectivity index (χ4n) is 3.90. The highest BCUT2D eigenvalue weighted by molar-refractivity contribution is 6.03. The van der Waals surface area contributed by atoms with Crippen LogP contribution in [0.25, 0.3) is 5.57 Å². The van der Waals surface area contributed by atoms with E-state index in [1.54, 1.807) is 48.5 Å². The molecule has 0 aromatic heterocycles. The van der Waals surface area contributed by atoms with Crippen molar-refractivity contribution in [3.05, 3.63) is 113 Å². The van der Waals surface area contributed by atoms with Crippen molar-refractivity contribution in [2.24, 2.45) is 0 Å². The molecule has 0 aliphatic carbocycles. The zero-order valence-electron chi connectivity index (χ0n) is 19.2. The van der Waals surface area contributed by atoms with Gasteiger partial charge in [0.2, 0.25) is 5.91 Å². The van der Waals surface area contributed by atoms with Crippen LogP contribution in [0.15, 0.2) is 85.0 Å². The number of hydrogen-bond acceptors (Lipinski definition) is 4. The number of nitrogens with zero attached hydrogens (tertiary/aromatic N) is 1. The van der Waals surface area contributed by atoms with Crippen molar-refractivity contribution in [1.82, 2.24) is 0 Å². The zero-order valence-corrected chi connectivity index (χ0v) is 19.2.